The second-order valence-electron chi connectivity index (χ2n) is 5.01. The van der Waals surface area contributed by atoms with Crippen molar-refractivity contribution in [2.24, 2.45) is 0 Å². The third-order valence-electron chi connectivity index (χ3n) is 3.55. The number of hydrogen-bond acceptors (Lipinski definition) is 3. The van der Waals surface area contributed by atoms with E-state index in [9.17, 15) is 9.90 Å². The molecule has 4 heteroatoms. The molecular formula is C18H16N2O2. The van der Waals surface area contributed by atoms with Crippen LogP contribution in [-0.4, -0.2) is 16.0 Å². The number of amides is 1. The van der Waals surface area contributed by atoms with E-state index in [1.807, 2.05) is 36.4 Å². The highest BCUT2D eigenvalue weighted by Gasteiger charge is 2.16. The molecule has 0 fully saturated rings. The van der Waals surface area contributed by atoms with Crippen molar-refractivity contribution in [1.82, 2.24) is 10.3 Å². The van der Waals surface area contributed by atoms with Gasteiger partial charge in [0.15, 0.2) is 6.10 Å². The Kier molecular flexibility index (Phi) is 4.12. The summed E-state index contributed by atoms with van der Waals surface area (Å²) in [5, 5.41) is 14.9. The van der Waals surface area contributed by atoms with Crippen molar-refractivity contribution in [1.29, 1.82) is 0 Å². The molecule has 0 bridgehead atoms. The molecule has 22 heavy (non-hydrogen) atoms. The molecule has 4 nitrogen and oxygen atoms in total. The largest absolute Gasteiger partial charge is 0.378 e. The molecule has 3 aromatic rings. The maximum absolute atomic E-state index is 12.1. The van der Waals surface area contributed by atoms with Crippen molar-refractivity contribution in [3.05, 3.63) is 78.1 Å². The molecule has 110 valence electrons. The lowest BCUT2D eigenvalue weighted by molar-refractivity contribution is -0.129. The number of carbonyl (C=O) groups is 1. The van der Waals surface area contributed by atoms with Crippen LogP contribution in [0.25, 0.3) is 10.8 Å². The van der Waals surface area contributed by atoms with E-state index >= 15 is 0 Å². The third-order valence-corrected chi connectivity index (χ3v) is 3.55. The van der Waals surface area contributed by atoms with Gasteiger partial charge in [-0.05, 0) is 17.0 Å². The summed E-state index contributed by atoms with van der Waals surface area (Å²) in [6.45, 7) is 0.282. The number of aromatic nitrogens is 1. The van der Waals surface area contributed by atoms with Crippen LogP contribution in [0.3, 0.4) is 0 Å². The fourth-order valence-electron chi connectivity index (χ4n) is 2.38. The number of pyridine rings is 1. The smallest absolute Gasteiger partial charge is 0.253 e. The zero-order chi connectivity index (χ0) is 15.4. The highest BCUT2D eigenvalue weighted by molar-refractivity contribution is 5.85. The van der Waals surface area contributed by atoms with Gasteiger partial charge in [0.05, 0.1) is 12.2 Å². The quantitative estimate of drug-likeness (QED) is 0.777. The van der Waals surface area contributed by atoms with Gasteiger partial charge in [-0.3, -0.25) is 9.78 Å². The highest BCUT2D eigenvalue weighted by Crippen LogP contribution is 2.17. The van der Waals surface area contributed by atoms with Gasteiger partial charge in [-0.25, -0.2) is 0 Å². The SMILES string of the molecule is O=C(NCc1nccc2ccccc12)[C@H](O)c1ccccc1. The highest BCUT2D eigenvalue weighted by atomic mass is 16.3. The summed E-state index contributed by atoms with van der Waals surface area (Å²) in [6, 6.07) is 18.7. The minimum atomic E-state index is -1.17. The van der Waals surface area contributed by atoms with Crippen LogP contribution < -0.4 is 5.32 Å². The van der Waals surface area contributed by atoms with E-state index in [2.05, 4.69) is 10.3 Å². The maximum atomic E-state index is 12.1. The van der Waals surface area contributed by atoms with Crippen LogP contribution in [0.5, 0.6) is 0 Å². The molecule has 0 saturated carbocycles. The van der Waals surface area contributed by atoms with Crippen molar-refractivity contribution in [3.63, 3.8) is 0 Å². The monoisotopic (exact) mass is 292 g/mol. The molecule has 2 N–H and O–H groups in total. The number of nitrogens with one attached hydrogen (secondary N) is 1. The van der Waals surface area contributed by atoms with Crippen LogP contribution >= 0.6 is 0 Å². The van der Waals surface area contributed by atoms with Crippen molar-refractivity contribution in [3.8, 4) is 0 Å². The second-order valence-corrected chi connectivity index (χ2v) is 5.01. The molecule has 0 spiro atoms. The molecule has 0 unspecified atom stereocenters. The minimum absolute atomic E-state index is 0.282. The average Bonchev–Trinajstić information content (AvgIpc) is 2.59. The lowest BCUT2D eigenvalue weighted by Crippen LogP contribution is -2.29. The molecule has 0 saturated heterocycles. The van der Waals surface area contributed by atoms with Gasteiger partial charge in [0.25, 0.3) is 5.91 Å². The molecule has 0 aliphatic rings. The van der Waals surface area contributed by atoms with E-state index < -0.39 is 12.0 Å². The van der Waals surface area contributed by atoms with Crippen molar-refractivity contribution in [2.45, 2.75) is 12.6 Å². The van der Waals surface area contributed by atoms with Crippen LogP contribution in [0.15, 0.2) is 66.9 Å². The zero-order valence-corrected chi connectivity index (χ0v) is 11.9. The normalized spacial score (nSPS) is 12.0. The number of hydrogen-bond donors (Lipinski definition) is 2. The first-order valence-electron chi connectivity index (χ1n) is 7.09. The summed E-state index contributed by atoms with van der Waals surface area (Å²) in [4.78, 5) is 16.4. The number of carbonyl (C=O) groups excluding carboxylic acids is 1. The molecule has 1 heterocycles. The topological polar surface area (TPSA) is 62.2 Å². The van der Waals surface area contributed by atoms with Crippen LogP contribution in [-0.2, 0) is 11.3 Å². The van der Waals surface area contributed by atoms with Gasteiger partial charge in [0.1, 0.15) is 0 Å². The Labute approximate surface area is 128 Å². The lowest BCUT2D eigenvalue weighted by atomic mass is 10.1. The second kappa shape index (κ2) is 6.37. The molecule has 1 atom stereocenters. The summed E-state index contributed by atoms with van der Waals surface area (Å²) >= 11 is 0. The van der Waals surface area contributed by atoms with Gasteiger partial charge in [0.2, 0.25) is 0 Å². The maximum Gasteiger partial charge on any atom is 0.253 e. The summed E-state index contributed by atoms with van der Waals surface area (Å²) in [5.41, 5.74) is 1.36. The number of aliphatic hydroxyl groups is 1. The van der Waals surface area contributed by atoms with Gasteiger partial charge in [-0.15, -0.1) is 0 Å². The fourth-order valence-corrected chi connectivity index (χ4v) is 2.38. The van der Waals surface area contributed by atoms with E-state index in [1.165, 1.54) is 0 Å². The number of rotatable bonds is 4. The lowest BCUT2D eigenvalue weighted by Gasteiger charge is -2.12. The van der Waals surface area contributed by atoms with Gasteiger partial charge < -0.3 is 10.4 Å². The van der Waals surface area contributed by atoms with Crippen LogP contribution in [0.1, 0.15) is 17.4 Å². The van der Waals surface area contributed by atoms with Gasteiger partial charge in [-0.2, -0.15) is 0 Å². The first kappa shape index (κ1) is 14.2. The van der Waals surface area contributed by atoms with Crippen LogP contribution in [0.2, 0.25) is 0 Å². The summed E-state index contributed by atoms with van der Waals surface area (Å²) in [5.74, 6) is -0.430. The van der Waals surface area contributed by atoms with Crippen molar-refractivity contribution in [2.75, 3.05) is 0 Å². The van der Waals surface area contributed by atoms with E-state index in [-0.39, 0.29) is 6.54 Å². The standard InChI is InChI=1S/C18H16N2O2/c21-17(14-7-2-1-3-8-14)18(22)20-12-16-15-9-5-4-6-13(15)10-11-19-16/h1-11,17,21H,12H2,(H,20,22)/t17-/m1/s1. The van der Waals surface area contributed by atoms with Gasteiger partial charge in [0, 0.05) is 11.6 Å². The third kappa shape index (κ3) is 2.97. The number of benzene rings is 2. The Balaban J connectivity index is 1.73. The fraction of sp³-hybridized carbons (Fsp3) is 0.111. The first-order chi connectivity index (χ1) is 10.8. The molecule has 2 aromatic carbocycles. The molecule has 3 rings (SSSR count). The Morgan fingerprint density at radius 1 is 1.05 bits per heavy atom. The molecule has 0 aliphatic heterocycles. The number of fused-ring (bicyclic) bond motifs is 1. The molecule has 1 aromatic heterocycles. The zero-order valence-electron chi connectivity index (χ0n) is 11.9. The van der Waals surface area contributed by atoms with E-state index in [4.69, 9.17) is 0 Å². The Hall–Kier alpha value is -2.72. The van der Waals surface area contributed by atoms with E-state index in [0.717, 1.165) is 16.5 Å². The minimum Gasteiger partial charge on any atom is -0.378 e. The summed E-state index contributed by atoms with van der Waals surface area (Å²) in [6.07, 6.45) is 0.549. The van der Waals surface area contributed by atoms with Gasteiger partial charge in [-0.1, -0.05) is 54.6 Å². The van der Waals surface area contributed by atoms with E-state index in [0.29, 0.717) is 5.56 Å². The first-order valence-corrected chi connectivity index (χ1v) is 7.09. The predicted octanol–water partition coefficient (Wildman–Crippen LogP) is 2.58. The summed E-state index contributed by atoms with van der Waals surface area (Å²) < 4.78 is 0. The Morgan fingerprint density at radius 2 is 1.77 bits per heavy atom. The molecular weight excluding hydrogens is 276 g/mol. The van der Waals surface area contributed by atoms with E-state index in [1.54, 1.807) is 30.5 Å². The summed E-state index contributed by atoms with van der Waals surface area (Å²) in [7, 11) is 0. The molecule has 0 radical (unpaired) electrons. The molecule has 0 aliphatic carbocycles. The van der Waals surface area contributed by atoms with Gasteiger partial charge >= 0.3 is 0 Å². The Bertz CT molecular complexity index is 782. The molecule has 1 amide bonds. The number of aliphatic hydroxyl groups excluding tert-OH is 1. The number of nitrogens with zero attached hydrogens (tertiary/aromatic N) is 1. The van der Waals surface area contributed by atoms with Crippen molar-refractivity contribution >= 4 is 16.7 Å². The van der Waals surface area contributed by atoms with Crippen LogP contribution in [0.4, 0.5) is 0 Å². The van der Waals surface area contributed by atoms with Crippen LogP contribution in [0, 0.1) is 0 Å². The van der Waals surface area contributed by atoms with Crippen molar-refractivity contribution < 1.29 is 9.90 Å². The predicted molar refractivity (Wildman–Crippen MR) is 85.0 cm³/mol. The Morgan fingerprint density at radius 3 is 2.59 bits per heavy atom. The average molecular weight is 292 g/mol.